The van der Waals surface area contributed by atoms with Gasteiger partial charge in [-0.15, -0.1) is 0 Å². The first kappa shape index (κ1) is 16.3. The van der Waals surface area contributed by atoms with Crippen LogP contribution in [0.1, 0.15) is 33.7 Å². The number of aromatic amines is 1. The third-order valence-electron chi connectivity index (χ3n) is 4.82. The molecule has 0 unspecified atom stereocenters. The highest BCUT2D eigenvalue weighted by molar-refractivity contribution is 5.98. The topological polar surface area (TPSA) is 78.1 Å². The van der Waals surface area contributed by atoms with Crippen molar-refractivity contribution in [3.8, 4) is 0 Å². The number of carbonyl (C=O) groups is 2. The minimum atomic E-state index is -0.0900. The van der Waals surface area contributed by atoms with E-state index in [-0.39, 0.29) is 17.9 Å². The number of rotatable bonds is 3. The number of piperidine rings is 1. The van der Waals surface area contributed by atoms with Crippen molar-refractivity contribution in [1.82, 2.24) is 20.2 Å². The molecule has 1 aliphatic rings. The molecule has 6 nitrogen and oxygen atoms in total. The maximum Gasteiger partial charge on any atom is 0.270 e. The average molecular weight is 348 g/mol. The second-order valence-electron chi connectivity index (χ2n) is 6.55. The van der Waals surface area contributed by atoms with Crippen LogP contribution >= 0.6 is 0 Å². The summed E-state index contributed by atoms with van der Waals surface area (Å²) in [4.78, 5) is 33.9. The molecular weight excluding hydrogens is 328 g/mol. The Morgan fingerprint density at radius 2 is 1.81 bits per heavy atom. The number of hydrogen-bond donors (Lipinski definition) is 2. The number of pyridine rings is 1. The number of likely N-dealkylation sites (tertiary alicyclic amines) is 1. The first-order valence-corrected chi connectivity index (χ1v) is 8.78. The van der Waals surface area contributed by atoms with Crippen molar-refractivity contribution in [2.45, 2.75) is 18.9 Å². The summed E-state index contributed by atoms with van der Waals surface area (Å²) in [6.07, 6.45) is 4.72. The molecule has 2 N–H and O–H groups in total. The highest BCUT2D eigenvalue weighted by atomic mass is 16.2. The van der Waals surface area contributed by atoms with E-state index in [2.05, 4.69) is 15.3 Å². The molecule has 26 heavy (non-hydrogen) atoms. The Labute approximate surface area is 151 Å². The summed E-state index contributed by atoms with van der Waals surface area (Å²) in [5.41, 5.74) is 2.19. The van der Waals surface area contributed by atoms with Crippen LogP contribution in [-0.2, 0) is 0 Å². The Morgan fingerprint density at radius 1 is 1.08 bits per heavy atom. The minimum absolute atomic E-state index is 0.0140. The van der Waals surface area contributed by atoms with Gasteiger partial charge in [-0.3, -0.25) is 14.6 Å². The first-order valence-electron chi connectivity index (χ1n) is 8.78. The Hall–Kier alpha value is -3.15. The van der Waals surface area contributed by atoms with Crippen LogP contribution in [0.15, 0.2) is 54.9 Å². The molecule has 0 atom stereocenters. The maximum atomic E-state index is 12.7. The fraction of sp³-hybridized carbons (Fsp3) is 0.250. The zero-order chi connectivity index (χ0) is 17.9. The first-order chi connectivity index (χ1) is 12.7. The molecular formula is C20H20N4O2. The van der Waals surface area contributed by atoms with E-state index in [1.807, 2.05) is 35.2 Å². The standard InChI is InChI=1S/C20H20N4O2/c25-19(14-5-9-21-10-6-14)22-16-7-11-24(12-8-16)20(26)18-13-15-3-1-2-4-17(15)23-18/h1-6,9-10,13,16,23H,7-8,11-12H2,(H,22,25). The summed E-state index contributed by atoms with van der Waals surface area (Å²) in [6, 6.07) is 13.2. The van der Waals surface area contributed by atoms with Crippen molar-refractivity contribution in [2.24, 2.45) is 0 Å². The number of fused-ring (bicyclic) bond motifs is 1. The van der Waals surface area contributed by atoms with Gasteiger partial charge in [0.1, 0.15) is 5.69 Å². The predicted octanol–water partition coefficient (Wildman–Crippen LogP) is 2.60. The van der Waals surface area contributed by atoms with Gasteiger partial charge in [-0.25, -0.2) is 0 Å². The van der Waals surface area contributed by atoms with Crippen molar-refractivity contribution in [3.63, 3.8) is 0 Å². The summed E-state index contributed by atoms with van der Waals surface area (Å²) in [5, 5.41) is 4.08. The molecule has 0 spiro atoms. The Bertz CT molecular complexity index is 894. The summed E-state index contributed by atoms with van der Waals surface area (Å²) >= 11 is 0. The molecule has 0 radical (unpaired) electrons. The molecule has 1 fully saturated rings. The van der Waals surface area contributed by atoms with Crippen molar-refractivity contribution in [3.05, 3.63) is 66.1 Å². The van der Waals surface area contributed by atoms with Gasteiger partial charge >= 0.3 is 0 Å². The van der Waals surface area contributed by atoms with E-state index in [1.165, 1.54) is 0 Å². The van der Waals surface area contributed by atoms with Gasteiger partial charge in [0.15, 0.2) is 0 Å². The van der Waals surface area contributed by atoms with Crippen molar-refractivity contribution in [1.29, 1.82) is 0 Å². The number of carbonyl (C=O) groups excluding carboxylic acids is 2. The van der Waals surface area contributed by atoms with E-state index in [9.17, 15) is 9.59 Å². The van der Waals surface area contributed by atoms with E-state index in [1.54, 1.807) is 24.5 Å². The fourth-order valence-electron chi connectivity index (χ4n) is 3.36. The van der Waals surface area contributed by atoms with Crippen LogP contribution < -0.4 is 5.32 Å². The zero-order valence-electron chi connectivity index (χ0n) is 14.3. The van der Waals surface area contributed by atoms with Crippen molar-refractivity contribution >= 4 is 22.7 Å². The van der Waals surface area contributed by atoms with Crippen molar-refractivity contribution in [2.75, 3.05) is 13.1 Å². The number of nitrogens with zero attached hydrogens (tertiary/aromatic N) is 2. The summed E-state index contributed by atoms with van der Waals surface area (Å²) in [7, 11) is 0. The lowest BCUT2D eigenvalue weighted by Crippen LogP contribution is -2.46. The number of aromatic nitrogens is 2. The van der Waals surface area contributed by atoms with Crippen LogP contribution in [0.3, 0.4) is 0 Å². The van der Waals surface area contributed by atoms with Crippen LogP contribution in [0.5, 0.6) is 0 Å². The lowest BCUT2D eigenvalue weighted by molar-refractivity contribution is 0.0693. The molecule has 0 aliphatic carbocycles. The van der Waals surface area contributed by atoms with Crippen LogP contribution in [-0.4, -0.2) is 45.8 Å². The quantitative estimate of drug-likeness (QED) is 0.764. The molecule has 0 bridgehead atoms. The van der Waals surface area contributed by atoms with E-state index in [0.29, 0.717) is 24.3 Å². The lowest BCUT2D eigenvalue weighted by Gasteiger charge is -2.32. The number of nitrogens with one attached hydrogen (secondary N) is 2. The molecule has 3 aromatic rings. The van der Waals surface area contributed by atoms with Gasteiger partial charge in [0.25, 0.3) is 11.8 Å². The van der Waals surface area contributed by atoms with Crippen LogP contribution in [0.4, 0.5) is 0 Å². The van der Waals surface area contributed by atoms with Gasteiger partial charge in [0, 0.05) is 48.0 Å². The number of para-hydroxylation sites is 1. The normalized spacial score (nSPS) is 15.2. The van der Waals surface area contributed by atoms with Gasteiger partial charge in [0.05, 0.1) is 0 Å². The summed E-state index contributed by atoms with van der Waals surface area (Å²) in [6.45, 7) is 1.27. The molecule has 0 saturated carbocycles. The maximum absolute atomic E-state index is 12.7. The van der Waals surface area contributed by atoms with Gasteiger partial charge < -0.3 is 15.2 Å². The third-order valence-corrected chi connectivity index (χ3v) is 4.82. The molecule has 1 aliphatic heterocycles. The molecule has 3 heterocycles. The van der Waals surface area contributed by atoms with Gasteiger partial charge in [-0.2, -0.15) is 0 Å². The van der Waals surface area contributed by atoms with Crippen LogP contribution in [0, 0.1) is 0 Å². The van der Waals surface area contributed by atoms with Crippen LogP contribution in [0.25, 0.3) is 10.9 Å². The number of benzene rings is 1. The van der Waals surface area contributed by atoms with Crippen molar-refractivity contribution < 1.29 is 9.59 Å². The molecule has 1 saturated heterocycles. The van der Waals surface area contributed by atoms with Gasteiger partial charge in [-0.1, -0.05) is 18.2 Å². The Kier molecular flexibility index (Phi) is 4.39. The largest absolute Gasteiger partial charge is 0.351 e. The van der Waals surface area contributed by atoms with Gasteiger partial charge in [-0.05, 0) is 37.1 Å². The Morgan fingerprint density at radius 3 is 2.54 bits per heavy atom. The number of amides is 2. The molecule has 6 heteroatoms. The van der Waals surface area contributed by atoms with E-state index < -0.39 is 0 Å². The highest BCUT2D eigenvalue weighted by Gasteiger charge is 2.25. The summed E-state index contributed by atoms with van der Waals surface area (Å²) in [5.74, 6) is -0.0760. The minimum Gasteiger partial charge on any atom is -0.351 e. The smallest absolute Gasteiger partial charge is 0.270 e. The molecule has 4 rings (SSSR count). The second-order valence-corrected chi connectivity index (χ2v) is 6.55. The SMILES string of the molecule is O=C(NC1CCN(C(=O)c2cc3ccccc3[nH]2)CC1)c1ccncc1. The molecule has 132 valence electrons. The van der Waals surface area contributed by atoms with E-state index in [4.69, 9.17) is 0 Å². The average Bonchev–Trinajstić information content (AvgIpc) is 3.13. The molecule has 2 amide bonds. The van der Waals surface area contributed by atoms with E-state index in [0.717, 1.165) is 23.7 Å². The predicted molar refractivity (Wildman–Crippen MR) is 98.9 cm³/mol. The molecule has 1 aromatic carbocycles. The lowest BCUT2D eigenvalue weighted by atomic mass is 10.0. The Balaban J connectivity index is 1.35. The number of H-pyrrole nitrogens is 1. The second kappa shape index (κ2) is 7.00. The molecule has 2 aromatic heterocycles. The number of hydrogen-bond acceptors (Lipinski definition) is 3. The van der Waals surface area contributed by atoms with Gasteiger partial charge in [0.2, 0.25) is 0 Å². The monoisotopic (exact) mass is 348 g/mol. The van der Waals surface area contributed by atoms with Crippen LogP contribution in [0.2, 0.25) is 0 Å². The van der Waals surface area contributed by atoms with E-state index >= 15 is 0 Å². The zero-order valence-corrected chi connectivity index (χ0v) is 14.3. The summed E-state index contributed by atoms with van der Waals surface area (Å²) < 4.78 is 0. The highest BCUT2D eigenvalue weighted by Crippen LogP contribution is 2.18. The third kappa shape index (κ3) is 3.31. The fourth-order valence-corrected chi connectivity index (χ4v) is 3.36.